The average Bonchev–Trinajstić information content (AvgIpc) is 1.98. The highest BCUT2D eigenvalue weighted by molar-refractivity contribution is 9.10. The molecule has 0 fully saturated rings. The van der Waals surface area contributed by atoms with Crippen LogP contribution in [0.3, 0.4) is 0 Å². The SMILES string of the molecule is Cn1c(Br)n[nH]c1=O. The third-order valence-electron chi connectivity index (χ3n) is 0.825. The first-order chi connectivity index (χ1) is 3.72. The zero-order valence-corrected chi connectivity index (χ0v) is 5.77. The van der Waals surface area contributed by atoms with Gasteiger partial charge >= 0.3 is 5.69 Å². The summed E-state index contributed by atoms with van der Waals surface area (Å²) >= 11 is 3.04. The first-order valence-electron chi connectivity index (χ1n) is 1.98. The molecule has 0 aromatic carbocycles. The summed E-state index contributed by atoms with van der Waals surface area (Å²) in [6.07, 6.45) is 0. The van der Waals surface area contributed by atoms with E-state index in [9.17, 15) is 4.79 Å². The molecule has 1 N–H and O–H groups in total. The molecule has 0 spiro atoms. The van der Waals surface area contributed by atoms with Gasteiger partial charge in [-0.3, -0.25) is 4.57 Å². The molecule has 4 nitrogen and oxygen atoms in total. The fourth-order valence-corrected chi connectivity index (χ4v) is 0.577. The Morgan fingerprint density at radius 2 is 2.50 bits per heavy atom. The molecule has 1 aromatic rings. The summed E-state index contributed by atoms with van der Waals surface area (Å²) in [5, 5.41) is 5.80. The Labute approximate surface area is 53.7 Å². The molecule has 0 unspecified atom stereocenters. The van der Waals surface area contributed by atoms with E-state index in [4.69, 9.17) is 0 Å². The van der Waals surface area contributed by atoms with Gasteiger partial charge in [0.2, 0.25) is 0 Å². The molecular weight excluding hydrogens is 174 g/mol. The van der Waals surface area contributed by atoms with Gasteiger partial charge in [0.05, 0.1) is 0 Å². The minimum Gasteiger partial charge on any atom is -0.273 e. The maximum atomic E-state index is 10.5. The summed E-state index contributed by atoms with van der Waals surface area (Å²) in [4.78, 5) is 10.5. The van der Waals surface area contributed by atoms with Crippen molar-refractivity contribution in [2.75, 3.05) is 0 Å². The second-order valence-electron chi connectivity index (χ2n) is 1.36. The highest BCUT2D eigenvalue weighted by atomic mass is 79.9. The highest BCUT2D eigenvalue weighted by Gasteiger charge is 1.95. The maximum absolute atomic E-state index is 10.5. The molecule has 0 aliphatic heterocycles. The van der Waals surface area contributed by atoms with Crippen LogP contribution in [0, 0.1) is 0 Å². The van der Waals surface area contributed by atoms with Crippen molar-refractivity contribution in [2.45, 2.75) is 0 Å². The van der Waals surface area contributed by atoms with Crippen LogP contribution in [0.25, 0.3) is 0 Å². The Morgan fingerprint density at radius 3 is 2.62 bits per heavy atom. The lowest BCUT2D eigenvalue weighted by molar-refractivity contribution is 0.841. The lowest BCUT2D eigenvalue weighted by Crippen LogP contribution is -2.12. The van der Waals surface area contributed by atoms with Gasteiger partial charge < -0.3 is 0 Å². The Hall–Kier alpha value is -0.580. The van der Waals surface area contributed by atoms with Gasteiger partial charge in [0.15, 0.2) is 4.73 Å². The highest BCUT2D eigenvalue weighted by Crippen LogP contribution is 1.95. The van der Waals surface area contributed by atoms with Gasteiger partial charge in [-0.15, -0.1) is 5.10 Å². The molecule has 0 aliphatic rings. The zero-order chi connectivity index (χ0) is 6.15. The molecule has 44 valence electrons. The van der Waals surface area contributed by atoms with Crippen LogP contribution in [0.4, 0.5) is 0 Å². The minimum atomic E-state index is -0.211. The number of nitrogens with one attached hydrogen (secondary N) is 1. The molecule has 1 heterocycles. The number of aromatic nitrogens is 3. The second-order valence-corrected chi connectivity index (χ2v) is 2.07. The van der Waals surface area contributed by atoms with Crippen molar-refractivity contribution in [1.82, 2.24) is 14.8 Å². The largest absolute Gasteiger partial charge is 0.343 e. The van der Waals surface area contributed by atoms with Crippen LogP contribution in [-0.4, -0.2) is 14.8 Å². The Kier molecular flexibility index (Phi) is 1.21. The van der Waals surface area contributed by atoms with Crippen molar-refractivity contribution in [3.8, 4) is 0 Å². The van der Waals surface area contributed by atoms with Crippen molar-refractivity contribution in [3.05, 3.63) is 15.2 Å². The summed E-state index contributed by atoms with van der Waals surface area (Å²) in [6.45, 7) is 0. The molecule has 8 heavy (non-hydrogen) atoms. The van der Waals surface area contributed by atoms with E-state index in [-0.39, 0.29) is 5.69 Å². The molecule has 0 atom stereocenters. The third kappa shape index (κ3) is 0.686. The van der Waals surface area contributed by atoms with Gasteiger partial charge in [-0.1, -0.05) is 0 Å². The van der Waals surface area contributed by atoms with E-state index in [1.54, 1.807) is 7.05 Å². The third-order valence-corrected chi connectivity index (χ3v) is 1.53. The fraction of sp³-hybridized carbons (Fsp3) is 0.333. The standard InChI is InChI=1S/C3H4BrN3O/c1-7-2(4)5-6-3(7)8/h1H3,(H,6,8). The first-order valence-corrected chi connectivity index (χ1v) is 2.78. The van der Waals surface area contributed by atoms with Crippen molar-refractivity contribution >= 4 is 15.9 Å². The Balaban J connectivity index is 3.41. The van der Waals surface area contributed by atoms with Gasteiger partial charge in [-0.2, -0.15) is 0 Å². The van der Waals surface area contributed by atoms with E-state index in [0.29, 0.717) is 4.73 Å². The van der Waals surface area contributed by atoms with Crippen LogP contribution in [0.2, 0.25) is 0 Å². The van der Waals surface area contributed by atoms with Crippen LogP contribution < -0.4 is 5.69 Å². The summed E-state index contributed by atoms with van der Waals surface area (Å²) in [6, 6.07) is 0. The monoisotopic (exact) mass is 177 g/mol. The minimum absolute atomic E-state index is 0.211. The molecule has 0 bridgehead atoms. The van der Waals surface area contributed by atoms with Crippen LogP contribution in [-0.2, 0) is 7.05 Å². The van der Waals surface area contributed by atoms with Gasteiger partial charge in [0, 0.05) is 7.05 Å². The lowest BCUT2D eigenvalue weighted by atomic mass is 11.1. The molecule has 5 heteroatoms. The average molecular weight is 178 g/mol. The van der Waals surface area contributed by atoms with Gasteiger partial charge in [-0.05, 0) is 15.9 Å². The van der Waals surface area contributed by atoms with Crippen LogP contribution in [0.1, 0.15) is 0 Å². The summed E-state index contributed by atoms with van der Waals surface area (Å²) in [5.74, 6) is 0. The number of rotatable bonds is 0. The van der Waals surface area contributed by atoms with Gasteiger partial charge in [0.1, 0.15) is 0 Å². The van der Waals surface area contributed by atoms with E-state index in [0.717, 1.165) is 0 Å². The van der Waals surface area contributed by atoms with Crippen molar-refractivity contribution in [1.29, 1.82) is 0 Å². The molecule has 0 radical (unpaired) electrons. The van der Waals surface area contributed by atoms with Crippen LogP contribution in [0.5, 0.6) is 0 Å². The molecule has 0 amide bonds. The number of nitrogens with zero attached hydrogens (tertiary/aromatic N) is 2. The van der Waals surface area contributed by atoms with Crippen molar-refractivity contribution in [3.63, 3.8) is 0 Å². The molecule has 1 aromatic heterocycles. The van der Waals surface area contributed by atoms with Crippen molar-refractivity contribution < 1.29 is 0 Å². The summed E-state index contributed by atoms with van der Waals surface area (Å²) in [7, 11) is 1.62. The molecule has 0 aliphatic carbocycles. The number of halogens is 1. The van der Waals surface area contributed by atoms with Crippen LogP contribution in [0.15, 0.2) is 9.53 Å². The van der Waals surface area contributed by atoms with Gasteiger partial charge in [-0.25, -0.2) is 9.89 Å². The van der Waals surface area contributed by atoms with E-state index >= 15 is 0 Å². The summed E-state index contributed by atoms with van der Waals surface area (Å²) in [5.41, 5.74) is -0.211. The predicted molar refractivity (Wildman–Crippen MR) is 31.5 cm³/mol. The number of H-pyrrole nitrogens is 1. The van der Waals surface area contributed by atoms with E-state index in [1.165, 1.54) is 4.57 Å². The van der Waals surface area contributed by atoms with Crippen LogP contribution >= 0.6 is 15.9 Å². The molecule has 1 rings (SSSR count). The number of aromatic amines is 1. The normalized spacial score (nSPS) is 9.75. The van der Waals surface area contributed by atoms with Crippen molar-refractivity contribution in [2.24, 2.45) is 7.05 Å². The molecule has 0 saturated heterocycles. The molecular formula is C3H4BrN3O. The van der Waals surface area contributed by atoms with E-state index in [2.05, 4.69) is 26.1 Å². The summed E-state index contributed by atoms with van der Waals surface area (Å²) < 4.78 is 1.88. The predicted octanol–water partition coefficient (Wildman–Crippen LogP) is -0.129. The lowest BCUT2D eigenvalue weighted by Gasteiger charge is -1.81. The fourth-order valence-electron chi connectivity index (χ4n) is 0.328. The number of hydrogen-bond acceptors (Lipinski definition) is 2. The quantitative estimate of drug-likeness (QED) is 0.601. The Bertz CT molecular complexity index is 237. The topological polar surface area (TPSA) is 50.7 Å². The van der Waals surface area contributed by atoms with Gasteiger partial charge in [0.25, 0.3) is 0 Å². The maximum Gasteiger partial charge on any atom is 0.343 e. The molecule has 0 saturated carbocycles. The van der Waals surface area contributed by atoms with E-state index < -0.39 is 0 Å². The Morgan fingerprint density at radius 1 is 1.88 bits per heavy atom. The first kappa shape index (κ1) is 5.55. The zero-order valence-electron chi connectivity index (χ0n) is 4.18. The van der Waals surface area contributed by atoms with E-state index in [1.807, 2.05) is 0 Å². The smallest absolute Gasteiger partial charge is 0.273 e. The second kappa shape index (κ2) is 1.74. The number of hydrogen-bond donors (Lipinski definition) is 1.